The number of hydrogen-bond donors (Lipinski definition) is 0. The van der Waals surface area contributed by atoms with Gasteiger partial charge in [0.1, 0.15) is 0 Å². The Morgan fingerprint density at radius 2 is 0.862 bits per heavy atom. The number of halogens is 1. The molecule has 4 aromatic rings. The van der Waals surface area contributed by atoms with E-state index in [1.54, 1.807) is 0 Å². The summed E-state index contributed by atoms with van der Waals surface area (Å²) in [6.45, 7) is 2.19. The minimum absolute atomic E-state index is 0.787. The first-order valence-corrected chi connectivity index (χ1v) is 13.5. The molecule has 0 atom stereocenters. The molecule has 0 fully saturated rings. The quantitative estimate of drug-likeness (QED) is 0.317. The second kappa shape index (κ2) is 8.15. The Morgan fingerprint density at radius 3 is 1.21 bits per heavy atom. The normalized spacial score (nSPS) is 12.8. The average Bonchev–Trinajstić information content (AvgIpc) is 2.81. The van der Waals surface area contributed by atoms with Crippen LogP contribution in [0.15, 0.2) is 115 Å². The van der Waals surface area contributed by atoms with E-state index in [1.165, 1.54) is 27.0 Å². The Bertz CT molecular complexity index is 958. The molecule has 0 aromatic heterocycles. The first-order valence-electron chi connectivity index (χ1n) is 10.1. The van der Waals surface area contributed by atoms with Crippen molar-refractivity contribution in [2.45, 2.75) is 19.5 Å². The van der Waals surface area contributed by atoms with Gasteiger partial charge in [-0.2, -0.15) is 0 Å². The van der Waals surface area contributed by atoms with E-state index in [4.69, 9.17) is 11.2 Å². The fraction of sp³-hybridized carbons (Fsp3) is 0.111. The maximum atomic E-state index is 8.11. The van der Waals surface area contributed by atoms with Gasteiger partial charge in [0.05, 0.1) is 0 Å². The van der Waals surface area contributed by atoms with Crippen LogP contribution in [0, 0.1) is 0 Å². The average molecular weight is 417 g/mol. The van der Waals surface area contributed by atoms with Gasteiger partial charge in [-0.1, -0.05) is 0 Å². The third-order valence-corrected chi connectivity index (χ3v) is 13.0. The molecule has 0 amide bonds. The van der Waals surface area contributed by atoms with Crippen molar-refractivity contribution in [2.75, 3.05) is 0 Å². The zero-order valence-electron chi connectivity index (χ0n) is 16.7. The molecule has 0 nitrogen and oxygen atoms in total. The van der Waals surface area contributed by atoms with Crippen molar-refractivity contribution < 1.29 is 0 Å². The summed E-state index contributed by atoms with van der Waals surface area (Å²) in [5.74, 6) is -3.24. The topological polar surface area (TPSA) is 0 Å². The Balaban J connectivity index is 2.03. The van der Waals surface area contributed by atoms with E-state index in [1.807, 2.05) is 0 Å². The van der Waals surface area contributed by atoms with Crippen LogP contribution in [0.2, 0.25) is 0 Å². The van der Waals surface area contributed by atoms with Gasteiger partial charge in [0.15, 0.2) is 0 Å². The molecule has 0 heterocycles. The molecule has 0 aliphatic carbocycles. The second-order valence-corrected chi connectivity index (χ2v) is 14.0. The van der Waals surface area contributed by atoms with E-state index in [0.29, 0.717) is 0 Å². The molecule has 0 N–H and O–H groups in total. The number of aryl methyl sites for hydroxylation is 1. The van der Waals surface area contributed by atoms with Crippen molar-refractivity contribution >= 4 is 33.1 Å². The fourth-order valence-corrected chi connectivity index (χ4v) is 10.3. The van der Waals surface area contributed by atoms with Gasteiger partial charge >= 0.3 is 179 Å². The van der Waals surface area contributed by atoms with E-state index in [0.717, 1.165) is 12.6 Å². The van der Waals surface area contributed by atoms with Crippen LogP contribution in [0.3, 0.4) is 0 Å². The van der Waals surface area contributed by atoms with Crippen molar-refractivity contribution in [1.29, 1.82) is 0 Å². The summed E-state index contributed by atoms with van der Waals surface area (Å²) in [7, 11) is 0. The standard InChI is InChI=1S/C27H26ClP/c1-2-23-18-20-24(21-19-23)22-29(28,25-12-6-3-7-13-25,26-14-8-4-9-15-26)27-16-10-5-11-17-27/h3-21H,2,22H2,1H3. The van der Waals surface area contributed by atoms with Crippen molar-refractivity contribution in [1.82, 2.24) is 0 Å². The molecule has 4 aromatic carbocycles. The predicted octanol–water partition coefficient (Wildman–Crippen LogP) is 6.43. The van der Waals surface area contributed by atoms with Crippen LogP contribution in [0.4, 0.5) is 0 Å². The SMILES string of the molecule is CCc1ccc(CP(Cl)(c2ccccc2)(c2ccccc2)c2ccccc2)cc1. The summed E-state index contributed by atoms with van der Waals surface area (Å²) in [5, 5.41) is 3.62. The van der Waals surface area contributed by atoms with E-state index in [9.17, 15) is 0 Å². The van der Waals surface area contributed by atoms with Crippen LogP contribution in [0.1, 0.15) is 18.1 Å². The molecule has 2 heteroatoms. The Labute approximate surface area is 178 Å². The van der Waals surface area contributed by atoms with Crippen molar-refractivity contribution in [2.24, 2.45) is 0 Å². The van der Waals surface area contributed by atoms with Crippen molar-refractivity contribution in [3.63, 3.8) is 0 Å². The molecule has 0 unspecified atom stereocenters. The summed E-state index contributed by atoms with van der Waals surface area (Å²) < 4.78 is 0. The third kappa shape index (κ3) is 3.52. The molecule has 4 rings (SSSR count). The van der Waals surface area contributed by atoms with Gasteiger partial charge in [-0.3, -0.25) is 0 Å². The molecule has 0 aliphatic rings. The van der Waals surface area contributed by atoms with Crippen LogP contribution in [0.25, 0.3) is 0 Å². The van der Waals surface area contributed by atoms with Crippen molar-refractivity contribution in [3.8, 4) is 0 Å². The molecule has 0 bridgehead atoms. The zero-order chi connectivity index (χ0) is 20.2. The Kier molecular flexibility index (Phi) is 5.59. The summed E-state index contributed by atoms with van der Waals surface area (Å²) in [6.07, 6.45) is 1.83. The molecule has 0 spiro atoms. The van der Waals surface area contributed by atoms with Crippen LogP contribution >= 0.6 is 17.2 Å². The van der Waals surface area contributed by atoms with Gasteiger partial charge in [-0.05, 0) is 0 Å². The Hall–Kier alpha value is -2.40. The van der Waals surface area contributed by atoms with Crippen LogP contribution in [-0.4, -0.2) is 0 Å². The van der Waals surface area contributed by atoms with Gasteiger partial charge in [0.25, 0.3) is 0 Å². The summed E-state index contributed by atoms with van der Waals surface area (Å²) >= 11 is 8.11. The maximum absolute atomic E-state index is 8.11. The Morgan fingerprint density at radius 1 is 0.517 bits per heavy atom. The van der Waals surface area contributed by atoms with Gasteiger partial charge in [0.2, 0.25) is 0 Å². The molecular weight excluding hydrogens is 391 g/mol. The number of rotatable bonds is 6. The second-order valence-electron chi connectivity index (χ2n) is 7.52. The van der Waals surface area contributed by atoms with Gasteiger partial charge in [-0.25, -0.2) is 0 Å². The molecular formula is C27H26ClP. The van der Waals surface area contributed by atoms with Crippen molar-refractivity contribution in [3.05, 3.63) is 126 Å². The van der Waals surface area contributed by atoms with E-state index >= 15 is 0 Å². The summed E-state index contributed by atoms with van der Waals surface area (Å²) in [4.78, 5) is 0. The number of hydrogen-bond acceptors (Lipinski definition) is 0. The molecule has 0 saturated heterocycles. The van der Waals surface area contributed by atoms with Crippen LogP contribution in [-0.2, 0) is 12.6 Å². The van der Waals surface area contributed by atoms with E-state index in [-0.39, 0.29) is 0 Å². The minimum atomic E-state index is -3.24. The summed E-state index contributed by atoms with van der Waals surface area (Å²) in [6, 6.07) is 41.0. The van der Waals surface area contributed by atoms with Gasteiger partial charge < -0.3 is 0 Å². The zero-order valence-corrected chi connectivity index (χ0v) is 18.4. The van der Waals surface area contributed by atoms with Gasteiger partial charge in [-0.15, -0.1) is 0 Å². The first kappa shape index (κ1) is 19.9. The number of benzene rings is 4. The fourth-order valence-electron chi connectivity index (χ4n) is 4.16. The first-order chi connectivity index (χ1) is 14.1. The van der Waals surface area contributed by atoms with Gasteiger partial charge in [0, 0.05) is 0 Å². The van der Waals surface area contributed by atoms with Crippen LogP contribution in [0.5, 0.6) is 0 Å². The molecule has 0 saturated carbocycles. The molecule has 29 heavy (non-hydrogen) atoms. The van der Waals surface area contributed by atoms with E-state index < -0.39 is 5.96 Å². The molecule has 0 radical (unpaired) electrons. The summed E-state index contributed by atoms with van der Waals surface area (Å²) in [5.41, 5.74) is 2.62. The third-order valence-electron chi connectivity index (χ3n) is 5.79. The molecule has 146 valence electrons. The van der Waals surface area contributed by atoms with Crippen LogP contribution < -0.4 is 15.9 Å². The van der Waals surface area contributed by atoms with E-state index in [2.05, 4.69) is 122 Å². The molecule has 0 aliphatic heterocycles. The predicted molar refractivity (Wildman–Crippen MR) is 131 cm³/mol. The monoisotopic (exact) mass is 416 g/mol.